The van der Waals surface area contributed by atoms with Gasteiger partial charge in [-0.25, -0.2) is 13.1 Å². The Morgan fingerprint density at radius 2 is 1.74 bits per heavy atom. The van der Waals surface area contributed by atoms with Crippen molar-refractivity contribution in [1.29, 1.82) is 0 Å². The third-order valence-corrected chi connectivity index (χ3v) is 9.26. The number of amides is 3. The number of nitrogens with two attached hydrogens (primary N) is 2. The average Bonchev–Trinajstić information content (AvgIpc) is 3.37. The first-order valence-corrected chi connectivity index (χ1v) is 16.2. The molecule has 1 unspecified atom stereocenters. The minimum absolute atomic E-state index is 0.0525. The molecule has 0 saturated carbocycles. The summed E-state index contributed by atoms with van der Waals surface area (Å²) in [4.78, 5) is 43.4. The predicted molar refractivity (Wildman–Crippen MR) is 160 cm³/mol. The van der Waals surface area contributed by atoms with Gasteiger partial charge in [0.25, 0.3) is 0 Å². The van der Waals surface area contributed by atoms with Gasteiger partial charge in [-0.05, 0) is 54.5 Å². The van der Waals surface area contributed by atoms with Crippen molar-refractivity contribution in [3.8, 4) is 0 Å². The second kappa shape index (κ2) is 14.4. The number of nitrogens with one attached hydrogen (secondary N) is 2. The van der Waals surface area contributed by atoms with Crippen LogP contribution < -0.4 is 21.5 Å². The van der Waals surface area contributed by atoms with Crippen LogP contribution in [0.15, 0.2) is 48.5 Å². The highest BCUT2D eigenvalue weighted by Gasteiger charge is 2.42. The molecule has 0 radical (unpaired) electrons. The Balaban J connectivity index is 1.52. The van der Waals surface area contributed by atoms with E-state index in [2.05, 4.69) is 10.0 Å². The molecule has 2 aliphatic heterocycles. The van der Waals surface area contributed by atoms with Crippen LogP contribution in [0.4, 0.5) is 0 Å². The number of rotatable bonds is 11. The molecule has 42 heavy (non-hydrogen) atoms. The third-order valence-electron chi connectivity index (χ3n) is 7.67. The second-order valence-corrected chi connectivity index (χ2v) is 13.1. The summed E-state index contributed by atoms with van der Waals surface area (Å²) >= 11 is 6.13. The molecule has 0 aliphatic carbocycles. The van der Waals surface area contributed by atoms with E-state index in [1.807, 2.05) is 0 Å². The van der Waals surface area contributed by atoms with Gasteiger partial charge in [-0.15, -0.1) is 0 Å². The highest BCUT2D eigenvalue weighted by Crippen LogP contribution is 2.22. The maximum absolute atomic E-state index is 13.9. The standard InChI is InChI=1S/C29H39ClN6O5S/c30-23-10-9-21(16-31)22(13-23)17-33-28(38)26-14-24(32)18-36(26)29(39)25(15-27(37)35-11-5-2-6-12-35)34-42(40,41)19-20-7-3-1-4-8-20/h1,3-4,7-10,13,24-26,34H,2,5-6,11-12,14-19,31-32H2,(H,33,38)/t24?,25-,26+/m1/s1. The van der Waals surface area contributed by atoms with E-state index in [9.17, 15) is 22.8 Å². The number of sulfonamides is 1. The van der Waals surface area contributed by atoms with Crippen LogP contribution in [0.25, 0.3) is 0 Å². The summed E-state index contributed by atoms with van der Waals surface area (Å²) in [6.45, 7) is 1.57. The van der Waals surface area contributed by atoms with E-state index in [4.69, 9.17) is 23.1 Å². The fraction of sp³-hybridized carbons (Fsp3) is 0.483. The number of hydrogen-bond acceptors (Lipinski definition) is 7. The summed E-state index contributed by atoms with van der Waals surface area (Å²) < 4.78 is 28.8. The quantitative estimate of drug-likeness (QED) is 0.294. The Bertz CT molecular complexity index is 1370. The molecule has 0 spiro atoms. The van der Waals surface area contributed by atoms with E-state index in [0.717, 1.165) is 30.4 Å². The monoisotopic (exact) mass is 618 g/mol. The van der Waals surface area contributed by atoms with Crippen LogP contribution in [0.2, 0.25) is 5.02 Å². The van der Waals surface area contributed by atoms with E-state index in [0.29, 0.717) is 23.7 Å². The molecule has 6 N–H and O–H groups in total. The van der Waals surface area contributed by atoms with Gasteiger partial charge in [0.15, 0.2) is 0 Å². The molecule has 4 rings (SSSR count). The Morgan fingerprint density at radius 3 is 2.43 bits per heavy atom. The lowest BCUT2D eigenvalue weighted by Crippen LogP contribution is -2.55. The largest absolute Gasteiger partial charge is 0.350 e. The van der Waals surface area contributed by atoms with Crippen LogP contribution in [-0.4, -0.2) is 73.7 Å². The average molecular weight is 619 g/mol. The molecule has 228 valence electrons. The van der Waals surface area contributed by atoms with Gasteiger partial charge in [-0.3, -0.25) is 14.4 Å². The minimum Gasteiger partial charge on any atom is -0.350 e. The van der Waals surface area contributed by atoms with Gasteiger partial charge in [0.05, 0.1) is 12.2 Å². The van der Waals surface area contributed by atoms with Crippen molar-refractivity contribution in [2.75, 3.05) is 19.6 Å². The van der Waals surface area contributed by atoms with Crippen molar-refractivity contribution in [2.45, 2.75) is 69.1 Å². The predicted octanol–water partition coefficient (Wildman–Crippen LogP) is 1.23. The zero-order chi connectivity index (χ0) is 30.3. The zero-order valence-corrected chi connectivity index (χ0v) is 25.1. The van der Waals surface area contributed by atoms with E-state index in [-0.39, 0.29) is 44.1 Å². The number of likely N-dealkylation sites (tertiary alicyclic amines) is 2. The molecule has 0 aromatic heterocycles. The van der Waals surface area contributed by atoms with Crippen LogP contribution in [-0.2, 0) is 43.2 Å². The SMILES string of the molecule is NCc1ccc(Cl)cc1CNC(=O)[C@@H]1CC(N)CN1C(=O)[C@@H](CC(=O)N1CCCCC1)NS(=O)(=O)Cc1ccccc1. The third kappa shape index (κ3) is 8.51. The highest BCUT2D eigenvalue weighted by molar-refractivity contribution is 7.88. The fourth-order valence-electron chi connectivity index (χ4n) is 5.50. The molecule has 11 nitrogen and oxygen atoms in total. The number of halogens is 1. The topological polar surface area (TPSA) is 168 Å². The summed E-state index contributed by atoms with van der Waals surface area (Å²) in [5.41, 5.74) is 14.1. The van der Waals surface area contributed by atoms with Gasteiger partial charge in [-0.2, -0.15) is 0 Å². The van der Waals surface area contributed by atoms with Crippen LogP contribution in [0.1, 0.15) is 48.8 Å². The van der Waals surface area contributed by atoms with Crippen LogP contribution in [0.5, 0.6) is 0 Å². The molecule has 2 fully saturated rings. The molecule has 2 heterocycles. The number of carbonyl (C=O) groups excluding carboxylic acids is 3. The van der Waals surface area contributed by atoms with Crippen molar-refractivity contribution < 1.29 is 22.8 Å². The van der Waals surface area contributed by atoms with Crippen LogP contribution in [0, 0.1) is 0 Å². The first-order valence-electron chi connectivity index (χ1n) is 14.2. The summed E-state index contributed by atoms with van der Waals surface area (Å²) in [5, 5.41) is 3.34. The fourth-order valence-corrected chi connectivity index (χ4v) is 7.02. The van der Waals surface area contributed by atoms with Gasteiger partial charge < -0.3 is 26.6 Å². The number of nitrogens with zero attached hydrogens (tertiary/aromatic N) is 2. The number of carbonyl (C=O) groups is 3. The first kappa shape index (κ1) is 31.9. The second-order valence-electron chi connectivity index (χ2n) is 10.9. The maximum Gasteiger partial charge on any atom is 0.243 e. The number of benzene rings is 2. The molecule has 2 aromatic carbocycles. The van der Waals surface area contributed by atoms with Gasteiger partial charge in [0, 0.05) is 43.8 Å². The lowest BCUT2D eigenvalue weighted by atomic mass is 10.1. The number of hydrogen-bond donors (Lipinski definition) is 4. The summed E-state index contributed by atoms with van der Waals surface area (Å²) in [6.07, 6.45) is 2.56. The van der Waals surface area contributed by atoms with Gasteiger partial charge >= 0.3 is 0 Å². The van der Waals surface area contributed by atoms with Crippen molar-refractivity contribution >= 4 is 39.3 Å². The van der Waals surface area contributed by atoms with Gasteiger partial charge in [-0.1, -0.05) is 48.0 Å². The Morgan fingerprint density at radius 1 is 1.02 bits per heavy atom. The van der Waals surface area contributed by atoms with Gasteiger partial charge in [0.1, 0.15) is 12.1 Å². The van der Waals surface area contributed by atoms with Crippen LogP contribution >= 0.6 is 11.6 Å². The molecule has 3 atom stereocenters. The Labute approximate surface area is 252 Å². The van der Waals surface area contributed by atoms with E-state index >= 15 is 0 Å². The summed E-state index contributed by atoms with van der Waals surface area (Å²) in [5.74, 6) is -1.76. The lowest BCUT2D eigenvalue weighted by Gasteiger charge is -2.31. The minimum atomic E-state index is -4.02. The maximum atomic E-state index is 13.9. The highest BCUT2D eigenvalue weighted by atomic mass is 35.5. The Kier molecular flexibility index (Phi) is 11.0. The van der Waals surface area contributed by atoms with E-state index < -0.39 is 40.0 Å². The molecule has 2 aliphatic rings. The Hall–Kier alpha value is -3.03. The van der Waals surface area contributed by atoms with Crippen molar-refractivity contribution in [3.05, 3.63) is 70.2 Å². The smallest absolute Gasteiger partial charge is 0.243 e. The normalized spacial score (nSPS) is 19.9. The molecule has 2 aromatic rings. The van der Waals surface area contributed by atoms with Crippen molar-refractivity contribution in [3.63, 3.8) is 0 Å². The van der Waals surface area contributed by atoms with Crippen molar-refractivity contribution in [1.82, 2.24) is 19.8 Å². The summed E-state index contributed by atoms with van der Waals surface area (Å²) in [7, 11) is -4.02. The molecule has 3 amide bonds. The lowest BCUT2D eigenvalue weighted by molar-refractivity contribution is -0.142. The zero-order valence-electron chi connectivity index (χ0n) is 23.5. The van der Waals surface area contributed by atoms with Gasteiger partial charge in [0.2, 0.25) is 27.7 Å². The van der Waals surface area contributed by atoms with E-state index in [1.54, 1.807) is 53.4 Å². The van der Waals surface area contributed by atoms with Crippen LogP contribution in [0.3, 0.4) is 0 Å². The molecule has 2 saturated heterocycles. The molecule has 13 heteroatoms. The van der Waals surface area contributed by atoms with E-state index in [1.165, 1.54) is 4.90 Å². The molecule has 0 bridgehead atoms. The van der Waals surface area contributed by atoms with Crippen molar-refractivity contribution in [2.24, 2.45) is 11.5 Å². The first-order chi connectivity index (χ1) is 20.1. The molecular formula is C29H39ClN6O5S. The summed E-state index contributed by atoms with van der Waals surface area (Å²) in [6, 6.07) is 11.0. The number of piperidine rings is 1. The molecular weight excluding hydrogens is 580 g/mol.